The molecular weight excluding hydrogens is 531 g/mol. The lowest BCUT2D eigenvalue weighted by Crippen LogP contribution is -2.32. The van der Waals surface area contributed by atoms with E-state index in [0.29, 0.717) is 30.7 Å². The Bertz CT molecular complexity index is 1450. The topological polar surface area (TPSA) is 71.9 Å². The van der Waals surface area contributed by atoms with E-state index in [1.807, 2.05) is 26.0 Å². The van der Waals surface area contributed by atoms with Gasteiger partial charge in [-0.25, -0.2) is 4.39 Å². The first-order chi connectivity index (χ1) is 20.3. The van der Waals surface area contributed by atoms with Crippen LogP contribution in [-0.2, 0) is 22.5 Å². The number of pyridine rings is 1. The minimum atomic E-state index is -0.748. The van der Waals surface area contributed by atoms with Gasteiger partial charge in [0.25, 0.3) is 0 Å². The standard InChI is InChI=1S/C35H41FN2O4/c1-21-15-30(31(36)18-37-21)29-12-10-25(16-27(29)19-38-14-4-5-28(38)20-41-3)32-13-11-23-6-9-26(17-33(23)42-32)34(24-7-8-24)22(2)35(39)40/h6,9-10,12,15-18,22,24,28,32,34H,4-5,7-8,11,13-14,19-20H2,1-3H3,(H,39,40)/t22-,28-,32?,34-/m0/s1. The molecule has 1 unspecified atom stereocenters. The van der Waals surface area contributed by atoms with Crippen LogP contribution >= 0.6 is 0 Å². The normalized spacial score (nSPS) is 21.9. The summed E-state index contributed by atoms with van der Waals surface area (Å²) in [6, 6.07) is 14.8. The molecule has 222 valence electrons. The molecule has 7 heteroatoms. The number of aliphatic carboxylic acids is 1. The Labute approximate surface area is 247 Å². The van der Waals surface area contributed by atoms with E-state index in [1.165, 1.54) is 6.20 Å². The highest BCUT2D eigenvalue weighted by Crippen LogP contribution is 2.48. The molecule has 1 saturated heterocycles. The lowest BCUT2D eigenvalue weighted by atomic mass is 9.82. The fraction of sp³-hybridized carbons (Fsp3) is 0.486. The van der Waals surface area contributed by atoms with Gasteiger partial charge in [-0.2, -0.15) is 0 Å². The molecule has 2 aliphatic heterocycles. The number of methoxy groups -OCH3 is 1. The zero-order valence-electron chi connectivity index (χ0n) is 24.8. The molecule has 1 saturated carbocycles. The Morgan fingerprint density at radius 3 is 2.74 bits per heavy atom. The van der Waals surface area contributed by atoms with Crippen molar-refractivity contribution in [2.45, 2.75) is 77.0 Å². The lowest BCUT2D eigenvalue weighted by molar-refractivity contribution is -0.142. The predicted molar refractivity (Wildman–Crippen MR) is 160 cm³/mol. The van der Waals surface area contributed by atoms with Crippen LogP contribution in [0.25, 0.3) is 11.1 Å². The van der Waals surface area contributed by atoms with Crippen LogP contribution in [0.4, 0.5) is 4.39 Å². The highest BCUT2D eigenvalue weighted by Gasteiger charge is 2.39. The number of hydrogen-bond donors (Lipinski definition) is 1. The number of ether oxygens (including phenoxy) is 2. The van der Waals surface area contributed by atoms with Crippen molar-refractivity contribution in [3.8, 4) is 16.9 Å². The maximum absolute atomic E-state index is 15.1. The Morgan fingerprint density at radius 1 is 1.14 bits per heavy atom. The number of nitrogens with zero attached hydrogens (tertiary/aromatic N) is 2. The van der Waals surface area contributed by atoms with E-state index in [4.69, 9.17) is 9.47 Å². The molecule has 3 heterocycles. The molecule has 1 aliphatic carbocycles. The van der Waals surface area contributed by atoms with Crippen LogP contribution in [0.5, 0.6) is 5.75 Å². The van der Waals surface area contributed by atoms with Gasteiger partial charge in [-0.15, -0.1) is 0 Å². The molecule has 4 atom stereocenters. The van der Waals surface area contributed by atoms with Gasteiger partial charge in [-0.1, -0.05) is 37.3 Å². The fourth-order valence-corrected chi connectivity index (χ4v) is 7.07. The molecule has 0 spiro atoms. The third-order valence-electron chi connectivity index (χ3n) is 9.49. The molecule has 1 N–H and O–H groups in total. The highest BCUT2D eigenvalue weighted by atomic mass is 19.1. The number of carbonyl (C=O) groups is 1. The Balaban J connectivity index is 1.32. The number of carboxylic acid groups (broad SMARTS) is 1. The Hall–Kier alpha value is -3.29. The third kappa shape index (κ3) is 5.95. The first kappa shape index (κ1) is 28.8. The molecule has 42 heavy (non-hydrogen) atoms. The van der Waals surface area contributed by atoms with Gasteiger partial charge >= 0.3 is 5.97 Å². The minimum absolute atomic E-state index is 0.00175. The van der Waals surface area contributed by atoms with Gasteiger partial charge in [-0.3, -0.25) is 14.7 Å². The van der Waals surface area contributed by atoms with Gasteiger partial charge in [0, 0.05) is 31.0 Å². The molecule has 0 bridgehead atoms. The Morgan fingerprint density at radius 2 is 1.98 bits per heavy atom. The summed E-state index contributed by atoms with van der Waals surface area (Å²) in [6.07, 6.45) is 7.30. The number of fused-ring (bicyclic) bond motifs is 1. The molecule has 6 rings (SSSR count). The number of likely N-dealkylation sites (tertiary alicyclic amines) is 1. The van der Waals surface area contributed by atoms with Gasteiger partial charge in [0.1, 0.15) is 17.7 Å². The molecule has 0 amide bonds. The van der Waals surface area contributed by atoms with Crippen LogP contribution in [-0.4, -0.2) is 47.3 Å². The van der Waals surface area contributed by atoms with Crippen molar-refractivity contribution < 1.29 is 23.8 Å². The van der Waals surface area contributed by atoms with Crippen molar-refractivity contribution in [1.82, 2.24) is 9.88 Å². The first-order valence-corrected chi connectivity index (χ1v) is 15.3. The van der Waals surface area contributed by atoms with Gasteiger partial charge in [0.05, 0.1) is 18.7 Å². The van der Waals surface area contributed by atoms with Gasteiger partial charge in [0.2, 0.25) is 0 Å². The van der Waals surface area contributed by atoms with Gasteiger partial charge < -0.3 is 14.6 Å². The first-order valence-electron chi connectivity index (χ1n) is 15.3. The van der Waals surface area contributed by atoms with Crippen LogP contribution in [0.1, 0.15) is 79.0 Å². The van der Waals surface area contributed by atoms with Crippen LogP contribution in [0.15, 0.2) is 48.7 Å². The fourth-order valence-electron chi connectivity index (χ4n) is 7.07. The number of aryl methyl sites for hydroxylation is 2. The minimum Gasteiger partial charge on any atom is -0.485 e. The third-order valence-corrected chi connectivity index (χ3v) is 9.49. The van der Waals surface area contributed by atoms with E-state index in [1.54, 1.807) is 7.11 Å². The van der Waals surface area contributed by atoms with Gasteiger partial charge in [0.15, 0.2) is 0 Å². The van der Waals surface area contributed by atoms with Crippen molar-refractivity contribution >= 4 is 5.97 Å². The van der Waals surface area contributed by atoms with Crippen LogP contribution < -0.4 is 4.74 Å². The summed E-state index contributed by atoms with van der Waals surface area (Å²) in [7, 11) is 1.75. The van der Waals surface area contributed by atoms with Crippen LogP contribution in [0, 0.1) is 24.6 Å². The smallest absolute Gasteiger partial charge is 0.306 e. The summed E-state index contributed by atoms with van der Waals surface area (Å²) in [5.41, 5.74) is 6.62. The lowest BCUT2D eigenvalue weighted by Gasteiger charge is -2.30. The molecular formula is C35H41FN2O4. The summed E-state index contributed by atoms with van der Waals surface area (Å²) in [6.45, 7) is 6.09. The summed E-state index contributed by atoms with van der Waals surface area (Å²) < 4.78 is 27.2. The SMILES string of the molecule is COC[C@@H]1CCCN1Cc1cc(C2CCc3ccc([C@H](C4CC4)[C@H](C)C(=O)O)cc3O2)ccc1-c1cc(C)ncc1F. The van der Waals surface area contributed by atoms with E-state index < -0.39 is 11.9 Å². The summed E-state index contributed by atoms with van der Waals surface area (Å²) in [5.74, 6) is -0.221. The number of benzene rings is 2. The second-order valence-electron chi connectivity index (χ2n) is 12.4. The number of hydrogen-bond acceptors (Lipinski definition) is 5. The molecule has 3 aromatic rings. The maximum atomic E-state index is 15.1. The number of halogens is 1. The largest absolute Gasteiger partial charge is 0.485 e. The van der Waals surface area contributed by atoms with E-state index in [0.717, 1.165) is 84.3 Å². The van der Waals surface area contributed by atoms with Gasteiger partial charge in [-0.05, 0) is 104 Å². The van der Waals surface area contributed by atoms with E-state index in [9.17, 15) is 9.90 Å². The molecule has 3 aliphatic rings. The second kappa shape index (κ2) is 12.1. The second-order valence-corrected chi connectivity index (χ2v) is 12.4. The summed E-state index contributed by atoms with van der Waals surface area (Å²) >= 11 is 0. The molecule has 2 fully saturated rings. The maximum Gasteiger partial charge on any atom is 0.306 e. The summed E-state index contributed by atoms with van der Waals surface area (Å²) in [4.78, 5) is 18.5. The molecule has 1 aromatic heterocycles. The Kier molecular flexibility index (Phi) is 8.33. The number of carboxylic acids is 1. The average molecular weight is 573 g/mol. The zero-order chi connectivity index (χ0) is 29.4. The van der Waals surface area contributed by atoms with E-state index >= 15 is 4.39 Å². The average Bonchev–Trinajstić information content (AvgIpc) is 3.73. The zero-order valence-corrected chi connectivity index (χ0v) is 24.8. The monoisotopic (exact) mass is 572 g/mol. The van der Waals surface area contributed by atoms with E-state index in [-0.39, 0.29) is 17.8 Å². The van der Waals surface area contributed by atoms with Crippen molar-refractivity contribution in [3.05, 3.63) is 82.4 Å². The summed E-state index contributed by atoms with van der Waals surface area (Å²) in [5, 5.41) is 9.76. The van der Waals surface area contributed by atoms with Crippen molar-refractivity contribution in [2.75, 3.05) is 20.3 Å². The molecule has 0 radical (unpaired) electrons. The van der Waals surface area contributed by atoms with Crippen molar-refractivity contribution in [1.29, 1.82) is 0 Å². The van der Waals surface area contributed by atoms with Crippen LogP contribution in [0.3, 0.4) is 0 Å². The molecule has 6 nitrogen and oxygen atoms in total. The number of rotatable bonds is 10. The predicted octanol–water partition coefficient (Wildman–Crippen LogP) is 7.09. The molecule has 2 aromatic carbocycles. The van der Waals surface area contributed by atoms with Crippen LogP contribution in [0.2, 0.25) is 0 Å². The van der Waals surface area contributed by atoms with E-state index in [2.05, 4.69) is 40.2 Å². The quantitative estimate of drug-likeness (QED) is 0.280. The highest BCUT2D eigenvalue weighted by molar-refractivity contribution is 5.71. The van der Waals surface area contributed by atoms with Crippen molar-refractivity contribution in [3.63, 3.8) is 0 Å². The van der Waals surface area contributed by atoms with Crippen molar-refractivity contribution in [2.24, 2.45) is 11.8 Å². The number of aromatic nitrogens is 1.